The summed E-state index contributed by atoms with van der Waals surface area (Å²) in [5.41, 5.74) is 6.50. The summed E-state index contributed by atoms with van der Waals surface area (Å²) >= 11 is 0. The standard InChI is InChI=1S/C14H23FN2O/c1-3-8-17(9-4-7-16)11-12-5-6-14(18-2)13(15)10-12/h5-6,10H,3-4,7-9,11,16H2,1-2H3. The Balaban J connectivity index is 2.64. The number of rotatable bonds is 8. The van der Waals surface area contributed by atoms with Gasteiger partial charge in [0.2, 0.25) is 0 Å². The first-order valence-electron chi connectivity index (χ1n) is 6.46. The second-order valence-corrected chi connectivity index (χ2v) is 4.39. The Morgan fingerprint density at radius 1 is 1.33 bits per heavy atom. The summed E-state index contributed by atoms with van der Waals surface area (Å²) in [6.45, 7) is 5.56. The number of nitrogens with two attached hydrogens (primary N) is 1. The molecule has 0 amide bonds. The number of halogens is 1. The van der Waals surface area contributed by atoms with Gasteiger partial charge in [-0.05, 0) is 50.2 Å². The Morgan fingerprint density at radius 2 is 2.11 bits per heavy atom. The second-order valence-electron chi connectivity index (χ2n) is 4.39. The van der Waals surface area contributed by atoms with E-state index in [4.69, 9.17) is 10.5 Å². The molecule has 0 unspecified atom stereocenters. The highest BCUT2D eigenvalue weighted by molar-refractivity contribution is 5.29. The summed E-state index contributed by atoms with van der Waals surface area (Å²) in [7, 11) is 1.47. The van der Waals surface area contributed by atoms with Gasteiger partial charge in [-0.2, -0.15) is 0 Å². The zero-order chi connectivity index (χ0) is 13.4. The monoisotopic (exact) mass is 254 g/mol. The van der Waals surface area contributed by atoms with E-state index in [1.54, 1.807) is 12.1 Å². The van der Waals surface area contributed by atoms with Crippen LogP contribution in [0.25, 0.3) is 0 Å². The van der Waals surface area contributed by atoms with Crippen molar-refractivity contribution in [1.29, 1.82) is 0 Å². The third kappa shape index (κ3) is 4.63. The lowest BCUT2D eigenvalue weighted by Crippen LogP contribution is -2.26. The van der Waals surface area contributed by atoms with Gasteiger partial charge >= 0.3 is 0 Å². The van der Waals surface area contributed by atoms with Gasteiger partial charge in [0.15, 0.2) is 11.6 Å². The van der Waals surface area contributed by atoms with Gasteiger partial charge in [0.1, 0.15) is 0 Å². The minimum atomic E-state index is -0.301. The number of hydrogen-bond acceptors (Lipinski definition) is 3. The molecule has 0 aliphatic carbocycles. The van der Waals surface area contributed by atoms with Crippen LogP contribution in [0.3, 0.4) is 0 Å². The lowest BCUT2D eigenvalue weighted by atomic mass is 10.2. The van der Waals surface area contributed by atoms with Crippen molar-refractivity contribution in [3.63, 3.8) is 0 Å². The van der Waals surface area contributed by atoms with Crippen LogP contribution in [0.4, 0.5) is 4.39 Å². The van der Waals surface area contributed by atoms with Crippen LogP contribution in [0, 0.1) is 5.82 Å². The molecular formula is C14H23FN2O. The molecule has 1 rings (SSSR count). The SMILES string of the molecule is CCCN(CCCN)Cc1ccc(OC)c(F)c1. The number of ether oxygens (including phenoxy) is 1. The van der Waals surface area contributed by atoms with E-state index in [9.17, 15) is 4.39 Å². The van der Waals surface area contributed by atoms with Crippen LogP contribution in [0.15, 0.2) is 18.2 Å². The molecule has 0 aromatic heterocycles. The van der Waals surface area contributed by atoms with Crippen LogP contribution >= 0.6 is 0 Å². The first-order chi connectivity index (χ1) is 8.71. The van der Waals surface area contributed by atoms with Crippen molar-refractivity contribution in [2.24, 2.45) is 5.73 Å². The van der Waals surface area contributed by atoms with E-state index in [-0.39, 0.29) is 5.82 Å². The van der Waals surface area contributed by atoms with Crippen LogP contribution in [-0.2, 0) is 6.54 Å². The van der Waals surface area contributed by atoms with Crippen LogP contribution in [0.2, 0.25) is 0 Å². The minimum absolute atomic E-state index is 0.294. The molecule has 0 fully saturated rings. The van der Waals surface area contributed by atoms with E-state index in [0.29, 0.717) is 12.3 Å². The summed E-state index contributed by atoms with van der Waals surface area (Å²) in [5, 5.41) is 0. The van der Waals surface area contributed by atoms with E-state index in [1.165, 1.54) is 7.11 Å². The molecule has 0 bridgehead atoms. The molecule has 1 aromatic carbocycles. The molecular weight excluding hydrogens is 231 g/mol. The summed E-state index contributed by atoms with van der Waals surface area (Å²) in [6, 6.07) is 5.13. The van der Waals surface area contributed by atoms with Crippen molar-refractivity contribution >= 4 is 0 Å². The normalized spacial score (nSPS) is 10.9. The smallest absolute Gasteiger partial charge is 0.165 e. The van der Waals surface area contributed by atoms with Gasteiger partial charge in [0.05, 0.1) is 7.11 Å². The summed E-state index contributed by atoms with van der Waals surface area (Å²) < 4.78 is 18.5. The van der Waals surface area contributed by atoms with Gasteiger partial charge in [-0.15, -0.1) is 0 Å². The third-order valence-corrected chi connectivity index (χ3v) is 2.84. The fourth-order valence-corrected chi connectivity index (χ4v) is 1.97. The van der Waals surface area contributed by atoms with Gasteiger partial charge in [-0.25, -0.2) is 4.39 Å². The maximum absolute atomic E-state index is 13.6. The lowest BCUT2D eigenvalue weighted by molar-refractivity contribution is 0.263. The lowest BCUT2D eigenvalue weighted by Gasteiger charge is -2.21. The maximum atomic E-state index is 13.6. The Hall–Kier alpha value is -1.13. The fourth-order valence-electron chi connectivity index (χ4n) is 1.97. The average Bonchev–Trinajstić information content (AvgIpc) is 2.36. The molecule has 0 spiro atoms. The van der Waals surface area contributed by atoms with E-state index < -0.39 is 0 Å². The molecule has 18 heavy (non-hydrogen) atoms. The van der Waals surface area contributed by atoms with Crippen molar-refractivity contribution in [3.8, 4) is 5.75 Å². The van der Waals surface area contributed by atoms with Crippen molar-refractivity contribution in [2.75, 3.05) is 26.7 Å². The van der Waals surface area contributed by atoms with Gasteiger partial charge < -0.3 is 10.5 Å². The van der Waals surface area contributed by atoms with Crippen molar-refractivity contribution in [1.82, 2.24) is 4.90 Å². The van der Waals surface area contributed by atoms with Crippen LogP contribution < -0.4 is 10.5 Å². The Bertz CT molecular complexity index is 358. The van der Waals surface area contributed by atoms with Crippen LogP contribution in [0.1, 0.15) is 25.3 Å². The molecule has 0 heterocycles. The Morgan fingerprint density at radius 3 is 2.67 bits per heavy atom. The van der Waals surface area contributed by atoms with E-state index in [1.807, 2.05) is 6.07 Å². The Labute approximate surface area is 109 Å². The average molecular weight is 254 g/mol. The summed E-state index contributed by atoms with van der Waals surface area (Å²) in [5.74, 6) is -0.00646. The first-order valence-corrected chi connectivity index (χ1v) is 6.46. The van der Waals surface area contributed by atoms with Crippen molar-refractivity contribution < 1.29 is 9.13 Å². The van der Waals surface area contributed by atoms with Crippen molar-refractivity contribution in [2.45, 2.75) is 26.3 Å². The number of nitrogens with zero attached hydrogens (tertiary/aromatic N) is 1. The highest BCUT2D eigenvalue weighted by Crippen LogP contribution is 2.18. The predicted octanol–water partition coefficient (Wildman–Crippen LogP) is 2.40. The number of hydrogen-bond donors (Lipinski definition) is 1. The zero-order valence-corrected chi connectivity index (χ0v) is 11.3. The molecule has 0 atom stereocenters. The molecule has 3 nitrogen and oxygen atoms in total. The third-order valence-electron chi connectivity index (χ3n) is 2.84. The topological polar surface area (TPSA) is 38.5 Å². The minimum Gasteiger partial charge on any atom is -0.494 e. The molecule has 1 aromatic rings. The van der Waals surface area contributed by atoms with Gasteiger partial charge in [-0.3, -0.25) is 4.90 Å². The van der Waals surface area contributed by atoms with E-state index in [0.717, 1.165) is 38.0 Å². The molecule has 0 aliphatic rings. The zero-order valence-electron chi connectivity index (χ0n) is 11.3. The quantitative estimate of drug-likeness (QED) is 0.774. The van der Waals surface area contributed by atoms with E-state index in [2.05, 4.69) is 11.8 Å². The van der Waals surface area contributed by atoms with Gasteiger partial charge in [-0.1, -0.05) is 13.0 Å². The maximum Gasteiger partial charge on any atom is 0.165 e. The van der Waals surface area contributed by atoms with Gasteiger partial charge in [0.25, 0.3) is 0 Å². The highest BCUT2D eigenvalue weighted by Gasteiger charge is 2.08. The molecule has 0 saturated heterocycles. The highest BCUT2D eigenvalue weighted by atomic mass is 19.1. The Kier molecular flexibility index (Phi) is 6.68. The molecule has 0 aliphatic heterocycles. The first kappa shape index (κ1) is 14.9. The van der Waals surface area contributed by atoms with Crippen molar-refractivity contribution in [3.05, 3.63) is 29.6 Å². The molecule has 0 radical (unpaired) electrons. The van der Waals surface area contributed by atoms with E-state index >= 15 is 0 Å². The molecule has 4 heteroatoms. The largest absolute Gasteiger partial charge is 0.494 e. The van der Waals surface area contributed by atoms with Gasteiger partial charge in [0, 0.05) is 6.54 Å². The molecule has 102 valence electrons. The molecule has 0 saturated carbocycles. The molecule has 2 N–H and O–H groups in total. The second kappa shape index (κ2) is 8.06. The summed E-state index contributed by atoms with van der Waals surface area (Å²) in [6.07, 6.45) is 2.06. The van der Waals surface area contributed by atoms with Crippen LogP contribution in [-0.4, -0.2) is 31.6 Å². The summed E-state index contributed by atoms with van der Waals surface area (Å²) in [4.78, 5) is 2.30. The fraction of sp³-hybridized carbons (Fsp3) is 0.571. The van der Waals surface area contributed by atoms with Crippen LogP contribution in [0.5, 0.6) is 5.75 Å². The number of benzene rings is 1. The number of methoxy groups -OCH3 is 1. The predicted molar refractivity (Wildman–Crippen MR) is 72.2 cm³/mol.